The van der Waals surface area contributed by atoms with E-state index in [2.05, 4.69) is 4.98 Å². The zero-order valence-electron chi connectivity index (χ0n) is 8.02. The fourth-order valence-electron chi connectivity index (χ4n) is 1.16. The molecule has 0 spiro atoms. The summed E-state index contributed by atoms with van der Waals surface area (Å²) >= 11 is 5.36. The van der Waals surface area contributed by atoms with Gasteiger partial charge < -0.3 is 0 Å². The minimum Gasteiger partial charge on any atom is -0.240 e. The lowest BCUT2D eigenvalue weighted by Crippen LogP contribution is -2.14. The summed E-state index contributed by atoms with van der Waals surface area (Å²) in [5.74, 6) is 0. The van der Waals surface area contributed by atoms with Gasteiger partial charge >= 0.3 is 6.18 Å². The van der Waals surface area contributed by atoms with Crippen LogP contribution in [0.5, 0.6) is 0 Å². The first-order valence-corrected chi connectivity index (χ1v) is 4.56. The SMILES string of the molecule is N#CCc1cc(Cl)c(C(F)F)nc1C(F)(F)F. The molecular formula is C9H4ClF5N2. The van der Waals surface area contributed by atoms with Crippen molar-refractivity contribution in [2.45, 2.75) is 19.0 Å². The van der Waals surface area contributed by atoms with Crippen LogP contribution in [0.2, 0.25) is 5.02 Å². The van der Waals surface area contributed by atoms with E-state index < -0.39 is 41.0 Å². The van der Waals surface area contributed by atoms with Gasteiger partial charge in [0.1, 0.15) is 11.4 Å². The first-order valence-electron chi connectivity index (χ1n) is 4.19. The first kappa shape index (κ1) is 13.6. The molecule has 0 aromatic carbocycles. The van der Waals surface area contributed by atoms with Crippen molar-refractivity contribution in [3.8, 4) is 6.07 Å². The van der Waals surface area contributed by atoms with E-state index in [0.717, 1.165) is 0 Å². The van der Waals surface area contributed by atoms with E-state index in [1.54, 1.807) is 0 Å². The summed E-state index contributed by atoms with van der Waals surface area (Å²) in [4.78, 5) is 2.80. The number of nitrogens with zero attached hydrogens (tertiary/aromatic N) is 2. The molecule has 0 bridgehead atoms. The van der Waals surface area contributed by atoms with Gasteiger partial charge in [0.25, 0.3) is 6.43 Å². The minimum atomic E-state index is -4.90. The van der Waals surface area contributed by atoms with E-state index in [0.29, 0.717) is 6.07 Å². The van der Waals surface area contributed by atoms with Gasteiger partial charge in [-0.25, -0.2) is 13.8 Å². The Morgan fingerprint density at radius 3 is 2.41 bits per heavy atom. The Morgan fingerprint density at radius 2 is 2.00 bits per heavy atom. The van der Waals surface area contributed by atoms with Crippen LogP contribution in [0.1, 0.15) is 23.4 Å². The third-order valence-electron chi connectivity index (χ3n) is 1.83. The standard InChI is InChI=1S/C9H4ClF5N2/c10-5-3-4(1-2-16)7(9(13,14)15)17-6(5)8(11)12/h3,8H,1H2. The third-order valence-corrected chi connectivity index (χ3v) is 2.13. The highest BCUT2D eigenvalue weighted by Gasteiger charge is 2.37. The van der Waals surface area contributed by atoms with E-state index in [1.807, 2.05) is 0 Å². The molecule has 0 radical (unpaired) electrons. The van der Waals surface area contributed by atoms with Crippen LogP contribution in [0.3, 0.4) is 0 Å². The van der Waals surface area contributed by atoms with Gasteiger partial charge in [-0.1, -0.05) is 11.6 Å². The topological polar surface area (TPSA) is 36.7 Å². The predicted octanol–water partition coefficient (Wildman–Crippen LogP) is 3.76. The largest absolute Gasteiger partial charge is 0.433 e. The summed E-state index contributed by atoms with van der Waals surface area (Å²) in [6, 6.07) is 2.18. The Morgan fingerprint density at radius 1 is 1.41 bits per heavy atom. The molecule has 2 nitrogen and oxygen atoms in total. The minimum absolute atomic E-state index is 0.519. The lowest BCUT2D eigenvalue weighted by Gasteiger charge is -2.12. The van der Waals surface area contributed by atoms with Crippen molar-refractivity contribution in [3.05, 3.63) is 28.0 Å². The Bertz CT molecular complexity index is 464. The number of alkyl halides is 5. The summed E-state index contributed by atoms with van der Waals surface area (Å²) in [6.07, 6.45) is -8.72. The van der Waals surface area contributed by atoms with Crippen LogP contribution in [0.15, 0.2) is 6.07 Å². The van der Waals surface area contributed by atoms with E-state index in [9.17, 15) is 22.0 Å². The Hall–Kier alpha value is -1.42. The van der Waals surface area contributed by atoms with Crippen LogP contribution in [-0.2, 0) is 12.6 Å². The van der Waals surface area contributed by atoms with Crippen LogP contribution < -0.4 is 0 Å². The Kier molecular flexibility index (Phi) is 3.88. The molecule has 1 heterocycles. The van der Waals surface area contributed by atoms with Crippen molar-refractivity contribution in [1.82, 2.24) is 4.98 Å². The molecule has 0 aliphatic rings. The number of rotatable bonds is 2. The maximum Gasteiger partial charge on any atom is 0.433 e. The zero-order valence-corrected chi connectivity index (χ0v) is 8.78. The van der Waals surface area contributed by atoms with Gasteiger partial charge in [-0.15, -0.1) is 0 Å². The number of nitriles is 1. The molecule has 17 heavy (non-hydrogen) atoms. The lowest BCUT2D eigenvalue weighted by atomic mass is 10.1. The highest BCUT2D eigenvalue weighted by atomic mass is 35.5. The number of halogens is 6. The van der Waals surface area contributed by atoms with Crippen LogP contribution in [0, 0.1) is 11.3 Å². The fraction of sp³-hybridized carbons (Fsp3) is 0.333. The van der Waals surface area contributed by atoms with Gasteiger partial charge in [0.2, 0.25) is 0 Å². The summed E-state index contributed by atoms with van der Waals surface area (Å²) in [5, 5.41) is 7.76. The molecule has 1 aromatic rings. The van der Waals surface area contributed by atoms with Crippen molar-refractivity contribution in [1.29, 1.82) is 5.26 Å². The smallest absolute Gasteiger partial charge is 0.240 e. The molecule has 1 rings (SSSR count). The molecule has 92 valence electrons. The average Bonchev–Trinajstić information content (AvgIpc) is 2.15. The summed E-state index contributed by atoms with van der Waals surface area (Å²) in [5.41, 5.74) is -3.16. The molecule has 0 amide bonds. The second-order valence-electron chi connectivity index (χ2n) is 3.00. The molecule has 0 N–H and O–H groups in total. The number of aromatic nitrogens is 1. The fourth-order valence-corrected chi connectivity index (χ4v) is 1.42. The molecule has 0 saturated heterocycles. The van der Waals surface area contributed by atoms with Crippen LogP contribution >= 0.6 is 11.6 Å². The van der Waals surface area contributed by atoms with E-state index in [1.165, 1.54) is 6.07 Å². The van der Waals surface area contributed by atoms with E-state index in [-0.39, 0.29) is 0 Å². The maximum absolute atomic E-state index is 12.5. The maximum atomic E-state index is 12.5. The van der Waals surface area contributed by atoms with E-state index in [4.69, 9.17) is 16.9 Å². The third kappa shape index (κ3) is 3.03. The van der Waals surface area contributed by atoms with Crippen molar-refractivity contribution >= 4 is 11.6 Å². The van der Waals surface area contributed by atoms with Gasteiger partial charge in [-0.05, 0) is 11.6 Å². The second kappa shape index (κ2) is 4.84. The molecule has 0 aliphatic carbocycles. The average molecular weight is 271 g/mol. The number of hydrogen-bond donors (Lipinski definition) is 0. The molecule has 0 saturated carbocycles. The first-order chi connectivity index (χ1) is 7.77. The second-order valence-corrected chi connectivity index (χ2v) is 3.40. The molecule has 0 aliphatic heterocycles. The van der Waals surface area contributed by atoms with Crippen molar-refractivity contribution in [2.24, 2.45) is 0 Å². The highest BCUT2D eigenvalue weighted by Crippen LogP contribution is 2.35. The Labute approximate surface area is 97.6 Å². The van der Waals surface area contributed by atoms with Crippen LogP contribution in [0.25, 0.3) is 0 Å². The number of pyridine rings is 1. The molecule has 0 unspecified atom stereocenters. The monoisotopic (exact) mass is 270 g/mol. The molecule has 8 heteroatoms. The molecule has 1 aromatic heterocycles. The van der Waals surface area contributed by atoms with Crippen molar-refractivity contribution in [2.75, 3.05) is 0 Å². The lowest BCUT2D eigenvalue weighted by molar-refractivity contribution is -0.142. The predicted molar refractivity (Wildman–Crippen MR) is 48.5 cm³/mol. The van der Waals surface area contributed by atoms with Gasteiger partial charge in [0, 0.05) is 0 Å². The van der Waals surface area contributed by atoms with Gasteiger partial charge in [-0.3, -0.25) is 0 Å². The highest BCUT2D eigenvalue weighted by molar-refractivity contribution is 6.31. The summed E-state index contributed by atoms with van der Waals surface area (Å²) in [6.45, 7) is 0. The van der Waals surface area contributed by atoms with Crippen LogP contribution in [0.4, 0.5) is 22.0 Å². The van der Waals surface area contributed by atoms with Crippen molar-refractivity contribution in [3.63, 3.8) is 0 Å². The normalized spacial score (nSPS) is 11.6. The summed E-state index contributed by atoms with van der Waals surface area (Å²) in [7, 11) is 0. The van der Waals surface area contributed by atoms with E-state index >= 15 is 0 Å². The Balaban J connectivity index is 3.43. The number of hydrogen-bond acceptors (Lipinski definition) is 2. The van der Waals surface area contributed by atoms with Crippen molar-refractivity contribution < 1.29 is 22.0 Å². The van der Waals surface area contributed by atoms with Gasteiger partial charge in [0.05, 0.1) is 17.5 Å². The molecule has 0 fully saturated rings. The van der Waals surface area contributed by atoms with Gasteiger partial charge in [-0.2, -0.15) is 18.4 Å². The molecular weight excluding hydrogens is 267 g/mol. The quantitative estimate of drug-likeness (QED) is 0.767. The summed E-state index contributed by atoms with van der Waals surface area (Å²) < 4.78 is 62.1. The van der Waals surface area contributed by atoms with Crippen LogP contribution in [-0.4, -0.2) is 4.98 Å². The van der Waals surface area contributed by atoms with Gasteiger partial charge in [0.15, 0.2) is 0 Å². The molecule has 0 atom stereocenters. The zero-order chi connectivity index (χ0) is 13.2.